The molecule has 0 fully saturated rings. The summed E-state index contributed by atoms with van der Waals surface area (Å²) in [4.78, 5) is 4.02. The average molecular weight is 122 g/mol. The lowest BCUT2D eigenvalue weighted by Gasteiger charge is -1.86. The largest absolute Gasteiger partial charge is 0.382 e. The van der Waals surface area contributed by atoms with Gasteiger partial charge < -0.3 is 5.73 Å². The second-order valence-corrected chi connectivity index (χ2v) is 1.92. The Morgan fingerprint density at radius 3 is 3.33 bits per heavy atom. The first kappa shape index (κ1) is 4.55. The summed E-state index contributed by atoms with van der Waals surface area (Å²) >= 11 is 0. The highest BCUT2D eigenvalue weighted by molar-refractivity contribution is 5.67. The summed E-state index contributed by atoms with van der Waals surface area (Å²) in [6.07, 6.45) is 1.81. The molecule has 4 nitrogen and oxygen atoms in total. The van der Waals surface area contributed by atoms with Gasteiger partial charge >= 0.3 is 0 Å². The van der Waals surface area contributed by atoms with Crippen LogP contribution in [0.2, 0.25) is 0 Å². The average Bonchev–Trinajstić information content (AvgIpc) is 2.22. The van der Waals surface area contributed by atoms with Gasteiger partial charge in [-0.25, -0.2) is 9.67 Å². The van der Waals surface area contributed by atoms with Gasteiger partial charge in [0, 0.05) is 12.3 Å². The maximum atomic E-state index is 5.38. The lowest BCUT2D eigenvalue weighted by molar-refractivity contribution is 0.761. The third-order valence-electron chi connectivity index (χ3n) is 1.26. The van der Waals surface area contributed by atoms with Crippen molar-refractivity contribution < 1.29 is 0 Å². The third kappa shape index (κ3) is 0.526. The summed E-state index contributed by atoms with van der Waals surface area (Å²) in [5, 5.41) is 3.96. The summed E-state index contributed by atoms with van der Waals surface area (Å²) in [6, 6.07) is 1.75. The fourth-order valence-electron chi connectivity index (χ4n) is 0.876. The first-order chi connectivity index (χ1) is 4.36. The van der Waals surface area contributed by atoms with Crippen molar-refractivity contribution in [2.75, 3.05) is 5.73 Å². The number of anilines is 1. The number of hydrogen-bond donors (Lipinski definition) is 1. The van der Waals surface area contributed by atoms with Crippen LogP contribution in [0.1, 0.15) is 0 Å². The predicted molar refractivity (Wildman–Crippen MR) is 34.8 cm³/mol. The lowest BCUT2D eigenvalue weighted by atomic mass is 10.6. The van der Waals surface area contributed by atoms with Crippen LogP contribution in [0.4, 0.5) is 11.6 Å². The number of hydrogen-bond acceptors (Lipinski definition) is 3. The van der Waals surface area contributed by atoms with Crippen molar-refractivity contribution in [3.05, 3.63) is 6.07 Å². The Morgan fingerprint density at radius 1 is 1.67 bits per heavy atom. The molecule has 46 valence electrons. The Bertz CT molecular complexity index is 260. The molecule has 1 aromatic rings. The van der Waals surface area contributed by atoms with E-state index in [4.69, 9.17) is 5.73 Å². The molecule has 4 heteroatoms. The van der Waals surface area contributed by atoms with E-state index in [1.807, 2.05) is 6.21 Å². The summed E-state index contributed by atoms with van der Waals surface area (Å²) in [5.41, 5.74) is 5.38. The Hall–Kier alpha value is -1.32. The van der Waals surface area contributed by atoms with Crippen molar-refractivity contribution in [1.29, 1.82) is 0 Å². The van der Waals surface area contributed by atoms with Gasteiger partial charge in [0.2, 0.25) is 0 Å². The van der Waals surface area contributed by atoms with Crippen molar-refractivity contribution in [2.24, 2.45) is 4.99 Å². The first-order valence-corrected chi connectivity index (χ1v) is 2.72. The Labute approximate surface area is 52.0 Å². The van der Waals surface area contributed by atoms with Crippen LogP contribution in [0, 0.1) is 0 Å². The molecule has 9 heavy (non-hydrogen) atoms. The highest BCUT2D eigenvalue weighted by Crippen LogP contribution is 2.17. The Morgan fingerprint density at radius 2 is 2.56 bits per heavy atom. The molecule has 0 bridgehead atoms. The molecule has 2 N–H and O–H groups in total. The van der Waals surface area contributed by atoms with E-state index in [9.17, 15) is 0 Å². The normalized spacial score (nSPS) is 14.2. The number of nitrogen functional groups attached to an aromatic ring is 1. The van der Waals surface area contributed by atoms with Gasteiger partial charge in [0.15, 0.2) is 5.82 Å². The second-order valence-electron chi connectivity index (χ2n) is 1.92. The van der Waals surface area contributed by atoms with Crippen molar-refractivity contribution in [3.8, 4) is 0 Å². The van der Waals surface area contributed by atoms with Crippen LogP contribution < -0.4 is 5.73 Å². The van der Waals surface area contributed by atoms with E-state index < -0.39 is 0 Å². The van der Waals surface area contributed by atoms with E-state index >= 15 is 0 Å². The fraction of sp³-hybridized carbons (Fsp3) is 0.200. The number of aromatic nitrogens is 2. The molecule has 0 amide bonds. The number of fused-ring (bicyclic) bond motifs is 1. The molecule has 0 spiro atoms. The Kier molecular flexibility index (Phi) is 0.677. The van der Waals surface area contributed by atoms with Crippen LogP contribution >= 0.6 is 0 Å². The number of nitrogens with two attached hydrogens (primary N) is 1. The van der Waals surface area contributed by atoms with Gasteiger partial charge in [-0.05, 0) is 0 Å². The molecule has 0 saturated carbocycles. The lowest BCUT2D eigenvalue weighted by Crippen LogP contribution is -1.96. The summed E-state index contributed by atoms with van der Waals surface area (Å²) in [5.74, 6) is 1.40. The fourth-order valence-corrected chi connectivity index (χ4v) is 0.876. The van der Waals surface area contributed by atoms with Crippen molar-refractivity contribution in [3.63, 3.8) is 0 Å². The topological polar surface area (TPSA) is 56.2 Å². The van der Waals surface area contributed by atoms with Gasteiger partial charge in [-0.3, -0.25) is 0 Å². The zero-order valence-corrected chi connectivity index (χ0v) is 4.78. The third-order valence-corrected chi connectivity index (χ3v) is 1.26. The smallest absolute Gasteiger partial charge is 0.152 e. The van der Waals surface area contributed by atoms with E-state index in [1.165, 1.54) is 0 Å². The van der Waals surface area contributed by atoms with Gasteiger partial charge in [0.05, 0.1) is 6.54 Å². The van der Waals surface area contributed by atoms with E-state index in [0.29, 0.717) is 5.82 Å². The quantitative estimate of drug-likeness (QED) is 0.533. The SMILES string of the molecule is Nc1cc2n(n1)CC=N2. The number of aliphatic imine (C=N–C) groups is 1. The van der Waals surface area contributed by atoms with Crippen LogP contribution in [0.25, 0.3) is 0 Å². The molecule has 0 atom stereocenters. The molecule has 0 radical (unpaired) electrons. The standard InChI is InChI=1S/C5H6N4/c6-4-3-5-7-1-2-9(5)8-4/h1,3H,2H2,(H2,6,8). The highest BCUT2D eigenvalue weighted by atomic mass is 15.4. The van der Waals surface area contributed by atoms with Crippen LogP contribution in [-0.4, -0.2) is 16.0 Å². The van der Waals surface area contributed by atoms with Gasteiger partial charge in [-0.15, -0.1) is 0 Å². The number of nitrogens with zero attached hydrogens (tertiary/aromatic N) is 3. The van der Waals surface area contributed by atoms with E-state index in [-0.39, 0.29) is 0 Å². The zero-order chi connectivity index (χ0) is 6.27. The highest BCUT2D eigenvalue weighted by Gasteiger charge is 2.06. The molecule has 1 aromatic heterocycles. The maximum Gasteiger partial charge on any atom is 0.152 e. The van der Waals surface area contributed by atoms with Crippen LogP contribution in [0.15, 0.2) is 11.1 Å². The summed E-state index contributed by atoms with van der Waals surface area (Å²) in [6.45, 7) is 0.756. The van der Waals surface area contributed by atoms with Crippen LogP contribution in [0.5, 0.6) is 0 Å². The van der Waals surface area contributed by atoms with Crippen molar-refractivity contribution >= 4 is 17.9 Å². The monoisotopic (exact) mass is 122 g/mol. The van der Waals surface area contributed by atoms with E-state index in [0.717, 1.165) is 12.4 Å². The number of rotatable bonds is 0. The first-order valence-electron chi connectivity index (χ1n) is 2.72. The van der Waals surface area contributed by atoms with Crippen LogP contribution in [0.3, 0.4) is 0 Å². The van der Waals surface area contributed by atoms with Gasteiger partial charge in [0.1, 0.15) is 5.82 Å². The zero-order valence-electron chi connectivity index (χ0n) is 4.78. The minimum Gasteiger partial charge on any atom is -0.382 e. The molecule has 0 unspecified atom stereocenters. The van der Waals surface area contributed by atoms with Crippen molar-refractivity contribution in [2.45, 2.75) is 6.54 Å². The molecule has 0 aromatic carbocycles. The molecule has 0 saturated heterocycles. The maximum absolute atomic E-state index is 5.38. The van der Waals surface area contributed by atoms with Crippen LogP contribution in [-0.2, 0) is 6.54 Å². The van der Waals surface area contributed by atoms with Gasteiger partial charge in [0.25, 0.3) is 0 Å². The molecule has 2 heterocycles. The molecular weight excluding hydrogens is 116 g/mol. The molecule has 1 aliphatic rings. The minimum absolute atomic E-state index is 0.543. The molecular formula is C5H6N4. The molecule has 2 rings (SSSR count). The van der Waals surface area contributed by atoms with E-state index in [2.05, 4.69) is 10.1 Å². The van der Waals surface area contributed by atoms with Gasteiger partial charge in [-0.2, -0.15) is 5.10 Å². The Balaban J connectivity index is 2.61. The summed E-state index contributed by atoms with van der Waals surface area (Å²) < 4.78 is 1.76. The molecule has 0 aliphatic carbocycles. The summed E-state index contributed by atoms with van der Waals surface area (Å²) in [7, 11) is 0. The second kappa shape index (κ2) is 1.34. The van der Waals surface area contributed by atoms with Gasteiger partial charge in [-0.1, -0.05) is 0 Å². The van der Waals surface area contributed by atoms with E-state index in [1.54, 1.807) is 10.7 Å². The minimum atomic E-state index is 0.543. The predicted octanol–water partition coefficient (Wildman–Crippen LogP) is 0.181. The molecule has 1 aliphatic heterocycles. The van der Waals surface area contributed by atoms with Crippen molar-refractivity contribution in [1.82, 2.24) is 9.78 Å².